The van der Waals surface area contributed by atoms with Gasteiger partial charge in [-0.1, -0.05) is 29.8 Å². The van der Waals surface area contributed by atoms with Crippen LogP contribution in [0.4, 0.5) is 0 Å². The number of hydrogen-bond acceptors (Lipinski definition) is 4. The second-order valence-electron chi connectivity index (χ2n) is 6.70. The highest BCUT2D eigenvalue weighted by Crippen LogP contribution is 2.25. The summed E-state index contributed by atoms with van der Waals surface area (Å²) in [6.07, 6.45) is 6.07. The number of ether oxygens (including phenoxy) is 1. The zero-order valence-electron chi connectivity index (χ0n) is 14.7. The average Bonchev–Trinajstić information content (AvgIpc) is 3.15. The molecule has 1 saturated heterocycles. The zero-order valence-corrected chi connectivity index (χ0v) is 14.7. The highest BCUT2D eigenvalue weighted by Gasteiger charge is 2.11. The van der Waals surface area contributed by atoms with Gasteiger partial charge in [0.2, 0.25) is 0 Å². The van der Waals surface area contributed by atoms with Gasteiger partial charge in [0.15, 0.2) is 0 Å². The molecule has 25 heavy (non-hydrogen) atoms. The van der Waals surface area contributed by atoms with Crippen LogP contribution in [0.2, 0.25) is 0 Å². The number of fused-ring (bicyclic) bond motifs is 1. The summed E-state index contributed by atoms with van der Waals surface area (Å²) in [5.41, 5.74) is 2.03. The van der Waals surface area contributed by atoms with Gasteiger partial charge < -0.3 is 9.64 Å². The lowest BCUT2D eigenvalue weighted by Crippen LogP contribution is -2.32. The second kappa shape index (κ2) is 7.23. The van der Waals surface area contributed by atoms with Crippen molar-refractivity contribution in [3.63, 3.8) is 0 Å². The molecule has 0 unspecified atom stereocenters. The lowest BCUT2D eigenvalue weighted by molar-refractivity contribution is 0.217. The fourth-order valence-corrected chi connectivity index (χ4v) is 3.48. The van der Waals surface area contributed by atoms with Crippen LogP contribution < -0.4 is 4.74 Å². The highest BCUT2D eigenvalue weighted by molar-refractivity contribution is 5.87. The van der Waals surface area contributed by atoms with Gasteiger partial charge in [0.1, 0.15) is 11.4 Å². The topological polar surface area (TPSA) is 43.2 Å². The van der Waals surface area contributed by atoms with Crippen LogP contribution in [-0.4, -0.2) is 46.6 Å². The molecular weight excluding hydrogens is 312 g/mol. The number of rotatable bonds is 5. The van der Waals surface area contributed by atoms with Crippen LogP contribution in [0, 0.1) is 0 Å². The molecule has 2 heterocycles. The molecule has 3 aromatic rings. The molecule has 4 rings (SSSR count). The fourth-order valence-electron chi connectivity index (χ4n) is 3.48. The maximum Gasteiger partial charge on any atom is 0.119 e. The molecule has 0 N–H and O–H groups in total. The van der Waals surface area contributed by atoms with Gasteiger partial charge in [-0.2, -0.15) is 0 Å². The van der Waals surface area contributed by atoms with Crippen molar-refractivity contribution in [2.24, 2.45) is 0 Å². The van der Waals surface area contributed by atoms with Crippen molar-refractivity contribution in [3.8, 4) is 17.0 Å². The molecule has 1 aliphatic rings. The number of aromatic nitrogens is 3. The van der Waals surface area contributed by atoms with Gasteiger partial charge in [-0.25, -0.2) is 0 Å². The van der Waals surface area contributed by atoms with E-state index in [1.165, 1.54) is 43.1 Å². The van der Waals surface area contributed by atoms with Gasteiger partial charge in [0.05, 0.1) is 19.9 Å². The number of hydrogen-bond donors (Lipinski definition) is 0. The van der Waals surface area contributed by atoms with Crippen molar-refractivity contribution in [2.75, 3.05) is 26.7 Å². The first-order valence-corrected chi connectivity index (χ1v) is 9.02. The Hall–Kier alpha value is -2.40. The largest absolute Gasteiger partial charge is 0.497 e. The second-order valence-corrected chi connectivity index (χ2v) is 6.70. The van der Waals surface area contributed by atoms with E-state index in [4.69, 9.17) is 4.74 Å². The Morgan fingerprint density at radius 3 is 2.60 bits per heavy atom. The van der Waals surface area contributed by atoms with Crippen LogP contribution in [0.25, 0.3) is 22.0 Å². The predicted molar refractivity (Wildman–Crippen MR) is 99.8 cm³/mol. The van der Waals surface area contributed by atoms with Crippen molar-refractivity contribution in [1.29, 1.82) is 0 Å². The third kappa shape index (κ3) is 3.66. The molecule has 5 nitrogen and oxygen atoms in total. The Morgan fingerprint density at radius 2 is 1.76 bits per heavy atom. The van der Waals surface area contributed by atoms with Gasteiger partial charge in [0.25, 0.3) is 0 Å². The van der Waals surface area contributed by atoms with Crippen LogP contribution in [0.3, 0.4) is 0 Å². The highest BCUT2D eigenvalue weighted by atomic mass is 16.5. The van der Waals surface area contributed by atoms with E-state index in [0.717, 1.165) is 30.1 Å². The van der Waals surface area contributed by atoms with E-state index < -0.39 is 0 Å². The summed E-state index contributed by atoms with van der Waals surface area (Å²) in [4.78, 5) is 2.52. The molecular formula is C20H24N4O. The van der Waals surface area contributed by atoms with E-state index in [1.807, 2.05) is 10.7 Å². The third-order valence-corrected chi connectivity index (χ3v) is 4.98. The van der Waals surface area contributed by atoms with Gasteiger partial charge in [-0.15, -0.1) is 5.10 Å². The van der Waals surface area contributed by atoms with Crippen molar-refractivity contribution >= 4 is 10.8 Å². The summed E-state index contributed by atoms with van der Waals surface area (Å²) in [6.45, 7) is 4.39. The van der Waals surface area contributed by atoms with Crippen molar-refractivity contribution in [2.45, 2.75) is 25.8 Å². The Bertz CT molecular complexity index is 852. The van der Waals surface area contributed by atoms with Crippen LogP contribution in [0.5, 0.6) is 5.75 Å². The van der Waals surface area contributed by atoms with E-state index in [0.29, 0.717) is 0 Å². The standard InChI is InChI=1S/C20H24N4O/c1-25-19-8-7-16-13-18(6-5-17(16)14-19)20-15-24(22-21-20)12-11-23-9-3-2-4-10-23/h5-8,13-15H,2-4,9-12H2,1H3. The van der Waals surface area contributed by atoms with E-state index in [1.54, 1.807) is 7.11 Å². The Morgan fingerprint density at radius 1 is 0.960 bits per heavy atom. The van der Waals surface area contributed by atoms with Crippen LogP contribution in [0.15, 0.2) is 42.6 Å². The summed E-state index contributed by atoms with van der Waals surface area (Å²) in [5, 5.41) is 11.0. The molecule has 0 saturated carbocycles. The molecule has 130 valence electrons. The molecule has 0 bridgehead atoms. The number of piperidine rings is 1. The number of benzene rings is 2. The Kier molecular flexibility index (Phi) is 4.65. The van der Waals surface area contributed by atoms with Gasteiger partial charge in [-0.3, -0.25) is 4.68 Å². The van der Waals surface area contributed by atoms with Crippen molar-refractivity contribution in [3.05, 3.63) is 42.6 Å². The molecule has 0 radical (unpaired) electrons. The van der Waals surface area contributed by atoms with Gasteiger partial charge in [0, 0.05) is 12.1 Å². The minimum absolute atomic E-state index is 0.879. The Balaban J connectivity index is 1.48. The van der Waals surface area contributed by atoms with E-state index in [-0.39, 0.29) is 0 Å². The van der Waals surface area contributed by atoms with Crippen molar-refractivity contribution in [1.82, 2.24) is 19.9 Å². The SMILES string of the molecule is COc1ccc2cc(-c3cn(CCN4CCCCC4)nn3)ccc2c1. The lowest BCUT2D eigenvalue weighted by atomic mass is 10.1. The van der Waals surface area contributed by atoms with E-state index >= 15 is 0 Å². The van der Waals surface area contributed by atoms with E-state index in [2.05, 4.69) is 51.7 Å². The van der Waals surface area contributed by atoms with E-state index in [9.17, 15) is 0 Å². The van der Waals surface area contributed by atoms with Crippen LogP contribution in [-0.2, 0) is 6.54 Å². The summed E-state index contributed by atoms with van der Waals surface area (Å²) in [7, 11) is 1.69. The summed E-state index contributed by atoms with van der Waals surface area (Å²) in [6, 6.07) is 12.5. The number of methoxy groups -OCH3 is 1. The maximum atomic E-state index is 5.29. The molecule has 0 aliphatic carbocycles. The zero-order chi connectivity index (χ0) is 17.1. The molecule has 1 aliphatic heterocycles. The van der Waals surface area contributed by atoms with Crippen LogP contribution in [0.1, 0.15) is 19.3 Å². The molecule has 2 aromatic carbocycles. The van der Waals surface area contributed by atoms with Gasteiger partial charge >= 0.3 is 0 Å². The molecule has 5 heteroatoms. The quantitative estimate of drug-likeness (QED) is 0.714. The first kappa shape index (κ1) is 16.1. The molecule has 0 amide bonds. The summed E-state index contributed by atoms with van der Waals surface area (Å²) >= 11 is 0. The summed E-state index contributed by atoms with van der Waals surface area (Å²) in [5.74, 6) is 0.879. The van der Waals surface area contributed by atoms with Gasteiger partial charge in [-0.05, 0) is 54.9 Å². The molecule has 1 aromatic heterocycles. The number of nitrogens with zero attached hydrogens (tertiary/aromatic N) is 4. The first-order valence-electron chi connectivity index (χ1n) is 9.02. The summed E-state index contributed by atoms with van der Waals surface area (Å²) < 4.78 is 7.25. The molecule has 0 atom stereocenters. The normalized spacial score (nSPS) is 15.6. The van der Waals surface area contributed by atoms with Crippen molar-refractivity contribution < 1.29 is 4.74 Å². The Labute approximate surface area is 148 Å². The minimum atomic E-state index is 0.879. The monoisotopic (exact) mass is 336 g/mol. The first-order chi connectivity index (χ1) is 12.3. The molecule has 1 fully saturated rings. The smallest absolute Gasteiger partial charge is 0.119 e. The predicted octanol–water partition coefficient (Wildman–Crippen LogP) is 3.59. The fraction of sp³-hybridized carbons (Fsp3) is 0.400. The maximum absolute atomic E-state index is 5.29. The lowest BCUT2D eigenvalue weighted by Gasteiger charge is -2.25. The number of likely N-dealkylation sites (tertiary alicyclic amines) is 1. The minimum Gasteiger partial charge on any atom is -0.497 e. The third-order valence-electron chi connectivity index (χ3n) is 4.98. The average molecular weight is 336 g/mol. The molecule has 0 spiro atoms. The van der Waals surface area contributed by atoms with Crippen LogP contribution >= 0.6 is 0 Å².